The summed E-state index contributed by atoms with van der Waals surface area (Å²) in [7, 11) is 8.11. The van der Waals surface area contributed by atoms with Crippen LogP contribution in [0.5, 0.6) is 0 Å². The van der Waals surface area contributed by atoms with Crippen molar-refractivity contribution in [2.24, 2.45) is 14.1 Å². The van der Waals surface area contributed by atoms with Crippen molar-refractivity contribution in [3.05, 3.63) is 65.4 Å². The summed E-state index contributed by atoms with van der Waals surface area (Å²) in [5, 5.41) is 8.26. The Morgan fingerprint density at radius 1 is 1.16 bits per heavy atom. The van der Waals surface area contributed by atoms with Gasteiger partial charge in [-0.2, -0.15) is 5.10 Å². The van der Waals surface area contributed by atoms with Crippen molar-refractivity contribution in [1.29, 1.82) is 0 Å². The third kappa shape index (κ3) is 3.44. The van der Waals surface area contributed by atoms with Gasteiger partial charge in [-0.3, -0.25) is 10.00 Å². The van der Waals surface area contributed by atoms with Gasteiger partial charge in [0.1, 0.15) is 11.6 Å². The molecule has 25 heavy (non-hydrogen) atoms. The number of anilines is 1. The fourth-order valence-corrected chi connectivity index (χ4v) is 3.32. The van der Waals surface area contributed by atoms with Gasteiger partial charge < -0.3 is 9.47 Å². The lowest BCUT2D eigenvalue weighted by molar-refractivity contribution is 0.557. The molecule has 0 unspecified atom stereocenters. The molecule has 0 amide bonds. The molecule has 3 aromatic rings. The molecule has 0 aliphatic heterocycles. The van der Waals surface area contributed by atoms with E-state index in [1.165, 1.54) is 11.1 Å². The van der Waals surface area contributed by atoms with Crippen molar-refractivity contribution in [2.75, 3.05) is 19.0 Å². The maximum atomic E-state index is 4.58. The molecule has 1 aromatic carbocycles. The summed E-state index contributed by atoms with van der Waals surface area (Å²) in [5.74, 6) is 2.12. The normalized spacial score (nSPS) is 12.4. The van der Waals surface area contributed by atoms with Crippen molar-refractivity contribution >= 4 is 5.82 Å². The Hall–Kier alpha value is -2.60. The number of rotatable bonds is 6. The number of benzene rings is 1. The van der Waals surface area contributed by atoms with Gasteiger partial charge in [0.2, 0.25) is 0 Å². The van der Waals surface area contributed by atoms with E-state index in [-0.39, 0.29) is 6.04 Å². The summed E-state index contributed by atoms with van der Waals surface area (Å²) in [4.78, 5) is 6.67. The van der Waals surface area contributed by atoms with E-state index in [1.807, 2.05) is 51.3 Å². The molecule has 0 fully saturated rings. The lowest BCUT2D eigenvalue weighted by atomic mass is 10.1. The van der Waals surface area contributed by atoms with E-state index in [9.17, 15) is 0 Å². The molecule has 0 radical (unpaired) electrons. The Kier molecular flexibility index (Phi) is 4.90. The van der Waals surface area contributed by atoms with Crippen LogP contribution in [0.25, 0.3) is 0 Å². The monoisotopic (exact) mass is 338 g/mol. The standard InChI is InChI=1S/C19H26N6/c1-14-16(19(23(2)3)25(5)22-14)13-21-17(15-9-7-6-8-10-15)18-20-11-12-24(18)4/h6-12,17,21H,13H2,1-5H3/t17-/m1/s1. The molecular formula is C19H26N6. The number of aromatic nitrogens is 4. The maximum absolute atomic E-state index is 4.58. The highest BCUT2D eigenvalue weighted by Crippen LogP contribution is 2.25. The summed E-state index contributed by atoms with van der Waals surface area (Å²) in [6, 6.07) is 10.5. The molecule has 0 saturated heterocycles. The first-order valence-electron chi connectivity index (χ1n) is 8.44. The molecule has 1 atom stereocenters. The third-order valence-corrected chi connectivity index (χ3v) is 4.47. The predicted molar refractivity (Wildman–Crippen MR) is 101 cm³/mol. The molecule has 3 rings (SSSR count). The average molecular weight is 338 g/mol. The highest BCUT2D eigenvalue weighted by molar-refractivity contribution is 5.49. The molecule has 6 heteroatoms. The number of nitrogens with one attached hydrogen (secondary N) is 1. The smallest absolute Gasteiger partial charge is 0.130 e. The van der Waals surface area contributed by atoms with Crippen molar-refractivity contribution in [3.63, 3.8) is 0 Å². The van der Waals surface area contributed by atoms with Crippen molar-refractivity contribution in [2.45, 2.75) is 19.5 Å². The molecule has 2 aromatic heterocycles. The molecule has 0 spiro atoms. The Morgan fingerprint density at radius 3 is 2.48 bits per heavy atom. The van der Waals surface area contributed by atoms with Gasteiger partial charge in [-0.25, -0.2) is 4.98 Å². The first-order chi connectivity index (χ1) is 12.0. The second-order valence-electron chi connectivity index (χ2n) is 6.53. The summed E-state index contributed by atoms with van der Waals surface area (Å²) in [5.41, 5.74) is 3.46. The van der Waals surface area contributed by atoms with Crippen LogP contribution in [0.2, 0.25) is 0 Å². The van der Waals surface area contributed by atoms with Gasteiger partial charge in [0, 0.05) is 52.7 Å². The van der Waals surface area contributed by atoms with Crippen LogP contribution in [-0.2, 0) is 20.6 Å². The van der Waals surface area contributed by atoms with Crippen molar-refractivity contribution in [1.82, 2.24) is 24.6 Å². The van der Waals surface area contributed by atoms with Crippen molar-refractivity contribution < 1.29 is 0 Å². The van der Waals surface area contributed by atoms with Gasteiger partial charge in [0.15, 0.2) is 0 Å². The SMILES string of the molecule is Cc1nn(C)c(N(C)C)c1CN[C@H](c1ccccc1)c1nccn1C. The maximum Gasteiger partial charge on any atom is 0.130 e. The lowest BCUT2D eigenvalue weighted by Gasteiger charge is -2.21. The highest BCUT2D eigenvalue weighted by Gasteiger charge is 2.21. The van der Waals surface area contributed by atoms with Crippen LogP contribution in [0, 0.1) is 6.92 Å². The van der Waals surface area contributed by atoms with Crippen molar-refractivity contribution in [3.8, 4) is 0 Å². The van der Waals surface area contributed by atoms with Gasteiger partial charge in [-0.1, -0.05) is 30.3 Å². The van der Waals surface area contributed by atoms with Gasteiger partial charge in [-0.05, 0) is 12.5 Å². The van der Waals surface area contributed by atoms with Gasteiger partial charge >= 0.3 is 0 Å². The van der Waals surface area contributed by atoms with Crippen LogP contribution < -0.4 is 10.2 Å². The molecule has 6 nitrogen and oxygen atoms in total. The Labute approximate surface area is 149 Å². The Bertz CT molecular complexity index is 831. The van der Waals surface area contributed by atoms with E-state index in [0.717, 1.165) is 23.9 Å². The summed E-state index contributed by atoms with van der Waals surface area (Å²) in [6.07, 6.45) is 3.82. The minimum Gasteiger partial charge on any atom is -0.363 e. The summed E-state index contributed by atoms with van der Waals surface area (Å²) >= 11 is 0. The fourth-order valence-electron chi connectivity index (χ4n) is 3.32. The largest absolute Gasteiger partial charge is 0.363 e. The Morgan fingerprint density at radius 2 is 1.88 bits per heavy atom. The average Bonchev–Trinajstić information content (AvgIpc) is 3.12. The first-order valence-corrected chi connectivity index (χ1v) is 8.44. The van der Waals surface area contributed by atoms with Gasteiger partial charge in [0.05, 0.1) is 11.7 Å². The lowest BCUT2D eigenvalue weighted by Crippen LogP contribution is -2.26. The second-order valence-corrected chi connectivity index (χ2v) is 6.53. The van der Waals surface area contributed by atoms with E-state index in [4.69, 9.17) is 0 Å². The first kappa shape index (κ1) is 17.2. The van der Waals surface area contributed by atoms with Crippen LogP contribution in [0.3, 0.4) is 0 Å². The molecule has 0 bridgehead atoms. The molecule has 1 N–H and O–H groups in total. The minimum atomic E-state index is 0.0239. The summed E-state index contributed by atoms with van der Waals surface area (Å²) in [6.45, 7) is 2.78. The second kappa shape index (κ2) is 7.11. The van der Waals surface area contributed by atoms with Gasteiger partial charge in [-0.15, -0.1) is 0 Å². The Balaban J connectivity index is 1.92. The molecule has 132 valence electrons. The number of nitrogens with zero attached hydrogens (tertiary/aromatic N) is 5. The minimum absolute atomic E-state index is 0.0239. The topological polar surface area (TPSA) is 50.9 Å². The molecule has 0 saturated carbocycles. The van der Waals surface area contributed by atoms with E-state index < -0.39 is 0 Å². The van der Waals surface area contributed by atoms with Crippen LogP contribution >= 0.6 is 0 Å². The molecular weight excluding hydrogens is 312 g/mol. The molecule has 2 heterocycles. The number of hydrogen-bond donors (Lipinski definition) is 1. The molecule has 0 aliphatic rings. The zero-order valence-corrected chi connectivity index (χ0v) is 15.6. The van der Waals surface area contributed by atoms with Crippen LogP contribution in [-0.4, -0.2) is 33.4 Å². The zero-order valence-electron chi connectivity index (χ0n) is 15.6. The number of imidazole rings is 1. The third-order valence-electron chi connectivity index (χ3n) is 4.47. The summed E-state index contributed by atoms with van der Waals surface area (Å²) < 4.78 is 4.00. The quantitative estimate of drug-likeness (QED) is 0.750. The number of aryl methyl sites for hydroxylation is 3. The van der Waals surface area contributed by atoms with Gasteiger partial charge in [0.25, 0.3) is 0 Å². The van der Waals surface area contributed by atoms with Crippen LogP contribution in [0.1, 0.15) is 28.7 Å². The predicted octanol–water partition coefficient (Wildman–Crippen LogP) is 2.41. The molecule has 0 aliphatic carbocycles. The highest BCUT2D eigenvalue weighted by atomic mass is 15.4. The zero-order chi connectivity index (χ0) is 18.0. The van der Waals surface area contributed by atoms with Crippen LogP contribution in [0.15, 0.2) is 42.7 Å². The van der Waals surface area contributed by atoms with E-state index >= 15 is 0 Å². The van der Waals surface area contributed by atoms with Crippen LogP contribution in [0.4, 0.5) is 5.82 Å². The van der Waals surface area contributed by atoms with E-state index in [2.05, 4.69) is 56.1 Å². The van der Waals surface area contributed by atoms with E-state index in [0.29, 0.717) is 0 Å². The fraction of sp³-hybridized carbons (Fsp3) is 0.368. The van der Waals surface area contributed by atoms with E-state index in [1.54, 1.807) is 0 Å². The number of hydrogen-bond acceptors (Lipinski definition) is 4.